The zero-order valence-corrected chi connectivity index (χ0v) is 23.3. The second kappa shape index (κ2) is 15.8. The van der Waals surface area contributed by atoms with Crippen LogP contribution in [0.4, 0.5) is 4.79 Å². The highest BCUT2D eigenvalue weighted by Crippen LogP contribution is 2.23. The maximum atomic E-state index is 13.2. The Morgan fingerprint density at radius 1 is 0.952 bits per heavy atom. The van der Waals surface area contributed by atoms with Gasteiger partial charge >= 0.3 is 12.1 Å². The molecule has 1 fully saturated rings. The van der Waals surface area contributed by atoms with Crippen molar-refractivity contribution in [3.05, 3.63) is 71.8 Å². The van der Waals surface area contributed by atoms with Crippen LogP contribution >= 0.6 is 0 Å². The van der Waals surface area contributed by atoms with E-state index in [1.165, 1.54) is 6.92 Å². The topological polar surface area (TPSA) is 193 Å². The zero-order valence-electron chi connectivity index (χ0n) is 23.3. The highest BCUT2D eigenvalue weighted by Gasteiger charge is 2.43. The largest absolute Gasteiger partial charge is 0.467 e. The molecule has 1 saturated heterocycles. The van der Waals surface area contributed by atoms with Crippen molar-refractivity contribution < 1.29 is 48.7 Å². The Balaban J connectivity index is 1.59. The first-order valence-corrected chi connectivity index (χ1v) is 13.5. The van der Waals surface area contributed by atoms with Crippen LogP contribution in [0.3, 0.4) is 0 Å². The fourth-order valence-corrected chi connectivity index (χ4v) is 4.31. The third-order valence-corrected chi connectivity index (χ3v) is 6.69. The third kappa shape index (κ3) is 9.52. The minimum Gasteiger partial charge on any atom is -0.467 e. The van der Waals surface area contributed by atoms with Gasteiger partial charge in [-0.2, -0.15) is 0 Å². The molecule has 228 valence electrons. The van der Waals surface area contributed by atoms with Crippen molar-refractivity contribution in [3.8, 4) is 0 Å². The van der Waals surface area contributed by atoms with Gasteiger partial charge in [0.15, 0.2) is 6.10 Å². The summed E-state index contributed by atoms with van der Waals surface area (Å²) < 4.78 is 15.2. The molecule has 0 spiro atoms. The molecule has 2 aromatic carbocycles. The van der Waals surface area contributed by atoms with Crippen LogP contribution in [-0.4, -0.2) is 95.5 Å². The van der Waals surface area contributed by atoms with Gasteiger partial charge in [-0.25, -0.2) is 9.59 Å². The van der Waals surface area contributed by atoms with Gasteiger partial charge < -0.3 is 45.5 Å². The van der Waals surface area contributed by atoms with Crippen molar-refractivity contribution in [1.82, 2.24) is 16.0 Å². The van der Waals surface area contributed by atoms with Crippen molar-refractivity contribution in [2.45, 2.75) is 69.0 Å². The van der Waals surface area contributed by atoms with Crippen LogP contribution in [0.25, 0.3) is 0 Å². The van der Waals surface area contributed by atoms with Gasteiger partial charge in [0, 0.05) is 19.4 Å². The standard InChI is InChI=1S/C29H37N3O10/c1-17(31-29(39)41-16-19-11-7-4-8-12-19)26(36)32-20(13-18-9-5-3-6-10-18)27(37)30-15-22(34)25-24(35)21(33)14-23(42-25)28(38)40-2/h3-12,17,20-25,33-35H,13-16H2,1-2H3,(H,30,37)(H,31,39)(H,32,36)/t17-,20-,21+,22+,23-,24+,25+/m0/s1. The molecular weight excluding hydrogens is 550 g/mol. The number of alkyl carbamates (subject to hydrolysis) is 1. The summed E-state index contributed by atoms with van der Waals surface area (Å²) in [4.78, 5) is 50.2. The number of amides is 3. The first-order chi connectivity index (χ1) is 20.1. The number of nitrogens with one attached hydrogen (secondary N) is 3. The lowest BCUT2D eigenvalue weighted by Crippen LogP contribution is -2.58. The highest BCUT2D eigenvalue weighted by molar-refractivity contribution is 5.91. The summed E-state index contributed by atoms with van der Waals surface area (Å²) in [5.74, 6) is -2.10. The SMILES string of the molecule is COC(=O)[C@@H]1C[C@@H](O)[C@@H](O)[C@@H]([C@H](O)CNC(=O)[C@H](Cc2ccccc2)NC(=O)[C@H](C)NC(=O)OCc2ccccc2)O1. The Morgan fingerprint density at radius 2 is 1.57 bits per heavy atom. The molecule has 1 heterocycles. The molecular formula is C29H37N3O10. The van der Waals surface area contributed by atoms with Gasteiger partial charge in [-0.3, -0.25) is 9.59 Å². The second-order valence-corrected chi connectivity index (χ2v) is 9.90. The van der Waals surface area contributed by atoms with E-state index in [1.807, 2.05) is 6.07 Å². The van der Waals surface area contributed by atoms with Crippen LogP contribution < -0.4 is 16.0 Å². The number of rotatable bonds is 12. The van der Waals surface area contributed by atoms with E-state index in [0.717, 1.165) is 18.2 Å². The van der Waals surface area contributed by atoms with Crippen molar-refractivity contribution in [2.75, 3.05) is 13.7 Å². The fraction of sp³-hybridized carbons (Fsp3) is 0.448. The molecule has 2 aromatic rings. The molecule has 3 rings (SSSR count). The molecule has 42 heavy (non-hydrogen) atoms. The van der Waals surface area contributed by atoms with E-state index in [2.05, 4.69) is 20.7 Å². The van der Waals surface area contributed by atoms with E-state index in [0.29, 0.717) is 0 Å². The minimum atomic E-state index is -1.52. The number of methoxy groups -OCH3 is 1. The minimum absolute atomic E-state index is 0.0131. The number of esters is 1. The van der Waals surface area contributed by atoms with Gasteiger partial charge in [-0.15, -0.1) is 0 Å². The molecule has 0 aliphatic carbocycles. The Bertz CT molecular complexity index is 1180. The van der Waals surface area contributed by atoms with Gasteiger partial charge in [0.25, 0.3) is 0 Å². The van der Waals surface area contributed by atoms with Gasteiger partial charge in [0.2, 0.25) is 11.8 Å². The Kier molecular flexibility index (Phi) is 12.2. The molecule has 13 heteroatoms. The number of aliphatic hydroxyl groups is 3. The van der Waals surface area contributed by atoms with Crippen LogP contribution in [0.1, 0.15) is 24.5 Å². The smallest absolute Gasteiger partial charge is 0.408 e. The van der Waals surface area contributed by atoms with Crippen LogP contribution in [0.2, 0.25) is 0 Å². The van der Waals surface area contributed by atoms with E-state index >= 15 is 0 Å². The summed E-state index contributed by atoms with van der Waals surface area (Å²) >= 11 is 0. The maximum Gasteiger partial charge on any atom is 0.408 e. The Hall–Kier alpha value is -4.04. The normalized spacial score (nSPS) is 22.1. The lowest BCUT2D eigenvalue weighted by Gasteiger charge is -2.38. The summed E-state index contributed by atoms with van der Waals surface area (Å²) in [6, 6.07) is 15.7. The van der Waals surface area contributed by atoms with E-state index in [9.17, 15) is 34.5 Å². The van der Waals surface area contributed by atoms with E-state index < -0.39 is 73.0 Å². The monoisotopic (exact) mass is 587 g/mol. The van der Waals surface area contributed by atoms with Gasteiger partial charge in [0.05, 0.1) is 13.2 Å². The van der Waals surface area contributed by atoms with Gasteiger partial charge in [-0.1, -0.05) is 60.7 Å². The number of carbonyl (C=O) groups excluding carboxylic acids is 4. The van der Waals surface area contributed by atoms with Gasteiger partial charge in [-0.05, 0) is 18.1 Å². The molecule has 0 bridgehead atoms. The number of carbonyl (C=O) groups is 4. The highest BCUT2D eigenvalue weighted by atomic mass is 16.6. The van der Waals surface area contributed by atoms with Crippen LogP contribution in [-0.2, 0) is 41.6 Å². The lowest BCUT2D eigenvalue weighted by atomic mass is 9.94. The van der Waals surface area contributed by atoms with Crippen LogP contribution in [0, 0.1) is 0 Å². The van der Waals surface area contributed by atoms with E-state index in [4.69, 9.17) is 9.47 Å². The van der Waals surface area contributed by atoms with Crippen molar-refractivity contribution in [2.24, 2.45) is 0 Å². The quantitative estimate of drug-likeness (QED) is 0.177. The molecule has 1 aliphatic rings. The predicted molar refractivity (Wildman–Crippen MR) is 148 cm³/mol. The average molecular weight is 588 g/mol. The Morgan fingerprint density at radius 3 is 2.19 bits per heavy atom. The number of hydrogen-bond acceptors (Lipinski definition) is 10. The molecule has 3 amide bonds. The first kappa shape index (κ1) is 32.5. The molecule has 6 N–H and O–H groups in total. The molecule has 0 unspecified atom stereocenters. The number of benzene rings is 2. The zero-order chi connectivity index (χ0) is 30.6. The van der Waals surface area contributed by atoms with Crippen molar-refractivity contribution >= 4 is 23.9 Å². The fourth-order valence-electron chi connectivity index (χ4n) is 4.31. The van der Waals surface area contributed by atoms with Crippen molar-refractivity contribution in [1.29, 1.82) is 0 Å². The second-order valence-electron chi connectivity index (χ2n) is 9.90. The first-order valence-electron chi connectivity index (χ1n) is 13.5. The molecule has 1 aliphatic heterocycles. The molecule has 0 saturated carbocycles. The summed E-state index contributed by atoms with van der Waals surface area (Å²) in [6.07, 6.45) is -7.95. The van der Waals surface area contributed by atoms with E-state index in [1.54, 1.807) is 54.6 Å². The number of hydrogen-bond donors (Lipinski definition) is 6. The molecule has 7 atom stereocenters. The predicted octanol–water partition coefficient (Wildman–Crippen LogP) is -0.442. The third-order valence-electron chi connectivity index (χ3n) is 6.69. The number of ether oxygens (including phenoxy) is 3. The summed E-state index contributed by atoms with van der Waals surface area (Å²) in [6.45, 7) is 1.02. The summed E-state index contributed by atoms with van der Waals surface area (Å²) in [7, 11) is 1.14. The maximum absolute atomic E-state index is 13.2. The average Bonchev–Trinajstić information content (AvgIpc) is 3.00. The van der Waals surface area contributed by atoms with Crippen LogP contribution in [0.15, 0.2) is 60.7 Å². The van der Waals surface area contributed by atoms with Gasteiger partial charge in [0.1, 0.15) is 37.0 Å². The van der Waals surface area contributed by atoms with E-state index in [-0.39, 0.29) is 19.4 Å². The lowest BCUT2D eigenvalue weighted by molar-refractivity contribution is -0.210. The molecule has 0 radical (unpaired) electrons. The van der Waals surface area contributed by atoms with Crippen molar-refractivity contribution in [3.63, 3.8) is 0 Å². The van der Waals surface area contributed by atoms with Crippen LogP contribution in [0.5, 0.6) is 0 Å². The summed E-state index contributed by atoms with van der Waals surface area (Å²) in [5.41, 5.74) is 1.50. The number of aliphatic hydroxyl groups excluding tert-OH is 3. The molecule has 13 nitrogen and oxygen atoms in total. The summed E-state index contributed by atoms with van der Waals surface area (Å²) in [5, 5.41) is 38.6. The molecule has 0 aromatic heterocycles. The Labute approximate surface area is 243 Å².